The normalized spacial score (nSPS) is 11.9. The molecule has 0 radical (unpaired) electrons. The number of hydrogen-bond acceptors (Lipinski definition) is 4. The number of hydrogen-bond donors (Lipinski definition) is 0. The van der Waals surface area contributed by atoms with Gasteiger partial charge in [-0.3, -0.25) is 4.18 Å². The molecule has 0 aliphatic carbocycles. The van der Waals surface area contributed by atoms with Crippen LogP contribution in [0.15, 0.2) is 6.07 Å². The number of halogens is 2. The Labute approximate surface area is 90.4 Å². The van der Waals surface area contributed by atoms with Gasteiger partial charge in [-0.1, -0.05) is 23.2 Å². The van der Waals surface area contributed by atoms with Gasteiger partial charge in [-0.15, -0.1) is 11.3 Å². The van der Waals surface area contributed by atoms with Crippen LogP contribution in [-0.4, -0.2) is 14.7 Å². The van der Waals surface area contributed by atoms with Gasteiger partial charge < -0.3 is 0 Å². The van der Waals surface area contributed by atoms with Crippen molar-refractivity contribution in [3.8, 4) is 0 Å². The van der Waals surface area contributed by atoms with Crippen LogP contribution in [0.25, 0.3) is 0 Å². The van der Waals surface area contributed by atoms with Gasteiger partial charge in [-0.2, -0.15) is 8.42 Å². The van der Waals surface area contributed by atoms with Crippen molar-refractivity contribution in [2.45, 2.75) is 6.61 Å². The third-order valence-electron chi connectivity index (χ3n) is 1.16. The first-order valence-electron chi connectivity index (χ1n) is 3.16. The average Bonchev–Trinajstić information content (AvgIpc) is 2.24. The molecule has 0 bridgehead atoms. The molecule has 7 heteroatoms. The van der Waals surface area contributed by atoms with E-state index in [9.17, 15) is 8.42 Å². The summed E-state index contributed by atoms with van der Waals surface area (Å²) in [5.74, 6) is 0. The lowest BCUT2D eigenvalue weighted by atomic mass is 10.4. The molecular formula is C6H6Cl2O3S2. The summed E-state index contributed by atoms with van der Waals surface area (Å²) in [6.07, 6.45) is 0.981. The van der Waals surface area contributed by atoms with E-state index in [4.69, 9.17) is 23.2 Å². The Morgan fingerprint density at radius 2 is 2.15 bits per heavy atom. The smallest absolute Gasteiger partial charge is 0.264 e. The Morgan fingerprint density at radius 1 is 1.54 bits per heavy atom. The maximum Gasteiger partial charge on any atom is 0.264 e. The summed E-state index contributed by atoms with van der Waals surface area (Å²) in [4.78, 5) is 0. The van der Waals surface area contributed by atoms with E-state index >= 15 is 0 Å². The summed E-state index contributed by atoms with van der Waals surface area (Å²) in [7, 11) is -3.43. The molecule has 0 saturated carbocycles. The van der Waals surface area contributed by atoms with E-state index < -0.39 is 10.1 Å². The van der Waals surface area contributed by atoms with E-state index in [2.05, 4.69) is 4.18 Å². The molecule has 0 aromatic carbocycles. The van der Waals surface area contributed by atoms with Crippen LogP contribution in [0.3, 0.4) is 0 Å². The first-order chi connectivity index (χ1) is 5.88. The lowest BCUT2D eigenvalue weighted by Gasteiger charge is -1.98. The van der Waals surface area contributed by atoms with Crippen LogP contribution in [0.4, 0.5) is 0 Å². The number of rotatable bonds is 3. The molecule has 13 heavy (non-hydrogen) atoms. The fraction of sp³-hybridized carbons (Fsp3) is 0.333. The molecule has 1 aromatic rings. The zero-order valence-corrected chi connectivity index (χ0v) is 9.73. The summed E-state index contributed by atoms with van der Waals surface area (Å²) in [5, 5.41) is 0. The highest BCUT2D eigenvalue weighted by atomic mass is 35.5. The van der Waals surface area contributed by atoms with Crippen molar-refractivity contribution in [3.63, 3.8) is 0 Å². The molecule has 0 fully saturated rings. The molecule has 1 rings (SSSR count). The molecule has 0 saturated heterocycles. The Kier molecular flexibility index (Phi) is 3.59. The topological polar surface area (TPSA) is 43.4 Å². The van der Waals surface area contributed by atoms with Gasteiger partial charge in [0.25, 0.3) is 10.1 Å². The summed E-state index contributed by atoms with van der Waals surface area (Å²) < 4.78 is 26.8. The second kappa shape index (κ2) is 4.14. The summed E-state index contributed by atoms with van der Waals surface area (Å²) in [6.45, 7) is -0.0686. The van der Waals surface area contributed by atoms with Gasteiger partial charge >= 0.3 is 0 Å². The van der Waals surface area contributed by atoms with Crippen molar-refractivity contribution in [2.75, 3.05) is 6.26 Å². The third-order valence-corrected chi connectivity index (χ3v) is 3.27. The van der Waals surface area contributed by atoms with Gasteiger partial charge in [0.05, 0.1) is 21.5 Å². The van der Waals surface area contributed by atoms with Gasteiger partial charge in [0.2, 0.25) is 0 Å². The minimum Gasteiger partial charge on any atom is -0.265 e. The van der Waals surface area contributed by atoms with Crippen molar-refractivity contribution in [2.24, 2.45) is 0 Å². The molecule has 0 aliphatic rings. The van der Waals surface area contributed by atoms with Gasteiger partial charge in [-0.05, 0) is 6.07 Å². The lowest BCUT2D eigenvalue weighted by molar-refractivity contribution is 0.312. The molecule has 74 valence electrons. The Hall–Kier alpha value is 0.190. The molecule has 0 N–H and O–H groups in total. The second-order valence-corrected chi connectivity index (χ2v) is 6.25. The SMILES string of the molecule is CS(=O)(=O)OCc1cc(Cl)sc1Cl. The van der Waals surface area contributed by atoms with Crippen LogP contribution in [0, 0.1) is 0 Å². The Morgan fingerprint density at radius 3 is 2.54 bits per heavy atom. The zero-order valence-electron chi connectivity index (χ0n) is 6.58. The molecule has 3 nitrogen and oxygen atoms in total. The van der Waals surface area contributed by atoms with Gasteiger partial charge in [-0.25, -0.2) is 0 Å². The fourth-order valence-corrected chi connectivity index (χ4v) is 2.45. The number of thiophene rings is 1. The minimum atomic E-state index is -3.43. The zero-order chi connectivity index (χ0) is 10.1. The highest BCUT2D eigenvalue weighted by Gasteiger charge is 2.09. The average molecular weight is 261 g/mol. The molecule has 0 atom stereocenters. The van der Waals surface area contributed by atoms with E-state index in [-0.39, 0.29) is 6.61 Å². The van der Waals surface area contributed by atoms with E-state index in [0.717, 1.165) is 6.26 Å². The Bertz CT molecular complexity index is 396. The van der Waals surface area contributed by atoms with Crippen molar-refractivity contribution in [1.29, 1.82) is 0 Å². The highest BCUT2D eigenvalue weighted by Crippen LogP contribution is 2.31. The van der Waals surface area contributed by atoms with E-state index in [1.807, 2.05) is 0 Å². The molecular weight excluding hydrogens is 255 g/mol. The monoisotopic (exact) mass is 260 g/mol. The Balaban J connectivity index is 2.70. The third kappa shape index (κ3) is 3.83. The fourth-order valence-electron chi connectivity index (χ4n) is 0.643. The van der Waals surface area contributed by atoms with Gasteiger partial charge in [0.15, 0.2) is 0 Å². The summed E-state index contributed by atoms with van der Waals surface area (Å²) in [5.41, 5.74) is 0.585. The van der Waals surface area contributed by atoms with Crippen LogP contribution in [-0.2, 0) is 20.9 Å². The first kappa shape index (κ1) is 11.3. The van der Waals surface area contributed by atoms with Crippen LogP contribution >= 0.6 is 34.5 Å². The first-order valence-corrected chi connectivity index (χ1v) is 6.55. The maximum atomic E-state index is 10.6. The van der Waals surface area contributed by atoms with Crippen LogP contribution < -0.4 is 0 Å². The molecule has 0 unspecified atom stereocenters. The molecule has 0 aliphatic heterocycles. The minimum absolute atomic E-state index is 0.0686. The van der Waals surface area contributed by atoms with Crippen molar-refractivity contribution >= 4 is 44.7 Å². The lowest BCUT2D eigenvalue weighted by Crippen LogP contribution is -2.01. The predicted octanol–water partition coefficient (Wildman–Crippen LogP) is 2.53. The van der Waals surface area contributed by atoms with E-state index in [0.29, 0.717) is 14.2 Å². The van der Waals surface area contributed by atoms with E-state index in [1.54, 1.807) is 6.07 Å². The predicted molar refractivity (Wildman–Crippen MR) is 54.0 cm³/mol. The standard InChI is InChI=1S/C6H6Cl2O3S2/c1-13(9,10)11-3-4-2-5(7)12-6(4)8/h2H,3H2,1H3. The molecule has 0 spiro atoms. The van der Waals surface area contributed by atoms with Gasteiger partial charge in [0.1, 0.15) is 0 Å². The summed E-state index contributed by atoms with van der Waals surface area (Å²) in [6, 6.07) is 1.58. The van der Waals surface area contributed by atoms with Crippen molar-refractivity contribution < 1.29 is 12.6 Å². The second-order valence-electron chi connectivity index (χ2n) is 2.32. The van der Waals surface area contributed by atoms with Crippen molar-refractivity contribution in [3.05, 3.63) is 20.3 Å². The molecule has 0 amide bonds. The molecule has 1 aromatic heterocycles. The van der Waals surface area contributed by atoms with Crippen LogP contribution in [0.2, 0.25) is 8.67 Å². The van der Waals surface area contributed by atoms with Crippen molar-refractivity contribution in [1.82, 2.24) is 0 Å². The maximum absolute atomic E-state index is 10.6. The van der Waals surface area contributed by atoms with Crippen LogP contribution in [0.1, 0.15) is 5.56 Å². The molecule has 1 heterocycles. The summed E-state index contributed by atoms with van der Waals surface area (Å²) >= 11 is 12.6. The van der Waals surface area contributed by atoms with Crippen LogP contribution in [0.5, 0.6) is 0 Å². The van der Waals surface area contributed by atoms with Gasteiger partial charge in [0, 0.05) is 5.56 Å². The largest absolute Gasteiger partial charge is 0.265 e. The quantitative estimate of drug-likeness (QED) is 0.785. The van der Waals surface area contributed by atoms with E-state index in [1.165, 1.54) is 11.3 Å². The highest BCUT2D eigenvalue weighted by molar-refractivity contribution is 7.85.